The van der Waals surface area contributed by atoms with Crippen LogP contribution in [0, 0.1) is 10.1 Å². The van der Waals surface area contributed by atoms with E-state index in [0.717, 1.165) is 5.69 Å². The molecule has 0 spiro atoms. The monoisotopic (exact) mass is 309 g/mol. The summed E-state index contributed by atoms with van der Waals surface area (Å²) < 4.78 is 1.67. The minimum atomic E-state index is -0.407. The van der Waals surface area contributed by atoms with Gasteiger partial charge in [-0.05, 0) is 25.1 Å². The van der Waals surface area contributed by atoms with Crippen molar-refractivity contribution in [2.24, 2.45) is 0 Å². The fourth-order valence-electron chi connectivity index (χ4n) is 2.24. The molecule has 1 aromatic heterocycles. The summed E-state index contributed by atoms with van der Waals surface area (Å²) in [7, 11) is 0. The molecule has 23 heavy (non-hydrogen) atoms. The SMILES string of the molecule is CC(Nc1ccccc1[N+](=O)[O-])c1cn(-c2ccccc2)nn1. The third-order valence-electron chi connectivity index (χ3n) is 3.45. The van der Waals surface area contributed by atoms with Crippen LogP contribution in [0.25, 0.3) is 5.69 Å². The Labute approximate surface area is 132 Å². The van der Waals surface area contributed by atoms with Gasteiger partial charge in [0.05, 0.1) is 22.8 Å². The van der Waals surface area contributed by atoms with Gasteiger partial charge in [-0.1, -0.05) is 35.5 Å². The zero-order valence-electron chi connectivity index (χ0n) is 12.5. The van der Waals surface area contributed by atoms with E-state index in [1.54, 1.807) is 22.9 Å². The molecule has 0 fully saturated rings. The summed E-state index contributed by atoms with van der Waals surface area (Å²) >= 11 is 0. The fraction of sp³-hybridized carbons (Fsp3) is 0.125. The van der Waals surface area contributed by atoms with Crippen LogP contribution < -0.4 is 5.32 Å². The molecule has 7 heteroatoms. The van der Waals surface area contributed by atoms with Crippen molar-refractivity contribution in [3.63, 3.8) is 0 Å². The van der Waals surface area contributed by atoms with E-state index in [0.29, 0.717) is 11.4 Å². The maximum atomic E-state index is 11.1. The Bertz CT molecular complexity index is 816. The Morgan fingerprint density at radius 1 is 1.13 bits per heavy atom. The van der Waals surface area contributed by atoms with Gasteiger partial charge < -0.3 is 5.32 Å². The smallest absolute Gasteiger partial charge is 0.292 e. The van der Waals surface area contributed by atoms with Crippen molar-refractivity contribution in [2.45, 2.75) is 13.0 Å². The summed E-state index contributed by atoms with van der Waals surface area (Å²) in [5, 5.41) is 22.4. The van der Waals surface area contributed by atoms with Crippen molar-refractivity contribution in [3.05, 3.63) is 76.6 Å². The second-order valence-electron chi connectivity index (χ2n) is 5.06. The summed E-state index contributed by atoms with van der Waals surface area (Å²) in [6, 6.07) is 16.0. The number of nitrogens with one attached hydrogen (secondary N) is 1. The first-order valence-electron chi connectivity index (χ1n) is 7.13. The van der Waals surface area contributed by atoms with Crippen LogP contribution in [0.1, 0.15) is 18.7 Å². The molecule has 0 saturated carbocycles. The van der Waals surface area contributed by atoms with Gasteiger partial charge in [0, 0.05) is 6.07 Å². The van der Waals surface area contributed by atoms with Crippen LogP contribution >= 0.6 is 0 Å². The largest absolute Gasteiger partial charge is 0.371 e. The van der Waals surface area contributed by atoms with E-state index in [9.17, 15) is 10.1 Å². The Morgan fingerprint density at radius 3 is 2.57 bits per heavy atom. The van der Waals surface area contributed by atoms with E-state index >= 15 is 0 Å². The van der Waals surface area contributed by atoms with E-state index in [1.165, 1.54) is 6.07 Å². The Hall–Kier alpha value is -3.22. The highest BCUT2D eigenvalue weighted by Crippen LogP contribution is 2.27. The first kappa shape index (κ1) is 14.7. The summed E-state index contributed by atoms with van der Waals surface area (Å²) in [5.41, 5.74) is 2.10. The van der Waals surface area contributed by atoms with Crippen molar-refractivity contribution in [3.8, 4) is 5.69 Å². The van der Waals surface area contributed by atoms with Gasteiger partial charge >= 0.3 is 0 Å². The highest BCUT2D eigenvalue weighted by Gasteiger charge is 2.17. The van der Waals surface area contributed by atoms with Gasteiger partial charge in [0.25, 0.3) is 5.69 Å². The molecular formula is C16H15N5O2. The average molecular weight is 309 g/mol. The van der Waals surface area contributed by atoms with E-state index in [2.05, 4.69) is 15.6 Å². The number of nitro benzene ring substituents is 1. The lowest BCUT2D eigenvalue weighted by Gasteiger charge is -2.12. The highest BCUT2D eigenvalue weighted by molar-refractivity contribution is 5.61. The standard InChI is InChI=1S/C16H15N5O2/c1-12(17-14-9-5-6-10-16(14)21(22)23)15-11-20(19-18-15)13-7-3-2-4-8-13/h2-12,17H,1H3. The van der Waals surface area contributed by atoms with Gasteiger partial charge in [-0.15, -0.1) is 5.10 Å². The molecule has 0 radical (unpaired) electrons. The summed E-state index contributed by atoms with van der Waals surface area (Å²) in [5.74, 6) is 0. The first-order valence-corrected chi connectivity index (χ1v) is 7.13. The molecule has 3 aromatic rings. The minimum Gasteiger partial charge on any atom is -0.371 e. The Balaban J connectivity index is 1.81. The number of anilines is 1. The number of rotatable bonds is 5. The molecule has 1 heterocycles. The van der Waals surface area contributed by atoms with E-state index < -0.39 is 4.92 Å². The number of hydrogen-bond donors (Lipinski definition) is 1. The molecule has 7 nitrogen and oxygen atoms in total. The lowest BCUT2D eigenvalue weighted by molar-refractivity contribution is -0.384. The van der Waals surface area contributed by atoms with Crippen molar-refractivity contribution >= 4 is 11.4 Å². The zero-order chi connectivity index (χ0) is 16.2. The third kappa shape index (κ3) is 3.18. The van der Waals surface area contributed by atoms with Crippen LogP contribution in [0.15, 0.2) is 60.8 Å². The van der Waals surface area contributed by atoms with E-state index in [4.69, 9.17) is 0 Å². The number of benzene rings is 2. The van der Waals surface area contributed by atoms with Crippen LogP contribution in [0.2, 0.25) is 0 Å². The quantitative estimate of drug-likeness (QED) is 0.577. The molecular weight excluding hydrogens is 294 g/mol. The number of nitro groups is 1. The minimum absolute atomic E-state index is 0.0369. The first-order chi connectivity index (χ1) is 11.1. The van der Waals surface area contributed by atoms with Crippen LogP contribution in [0.3, 0.4) is 0 Å². The molecule has 3 rings (SSSR count). The molecule has 1 unspecified atom stereocenters. The second-order valence-corrected chi connectivity index (χ2v) is 5.06. The Kier molecular flexibility index (Phi) is 4.01. The molecule has 0 aliphatic carbocycles. The highest BCUT2D eigenvalue weighted by atomic mass is 16.6. The summed E-state index contributed by atoms with van der Waals surface area (Å²) in [6.45, 7) is 1.88. The molecule has 0 bridgehead atoms. The Morgan fingerprint density at radius 2 is 1.83 bits per heavy atom. The fourth-order valence-corrected chi connectivity index (χ4v) is 2.24. The van der Waals surface area contributed by atoms with Gasteiger partial charge in [-0.25, -0.2) is 4.68 Å². The summed E-state index contributed by atoms with van der Waals surface area (Å²) in [6.07, 6.45) is 1.81. The predicted octanol–water partition coefficient (Wildman–Crippen LogP) is 3.35. The number of nitrogens with zero attached hydrogens (tertiary/aromatic N) is 4. The molecule has 1 atom stereocenters. The zero-order valence-corrected chi connectivity index (χ0v) is 12.5. The van der Waals surface area contributed by atoms with Crippen molar-refractivity contribution in [1.29, 1.82) is 0 Å². The van der Waals surface area contributed by atoms with Crippen molar-refractivity contribution < 1.29 is 4.92 Å². The topological polar surface area (TPSA) is 85.9 Å². The number of hydrogen-bond acceptors (Lipinski definition) is 5. The van der Waals surface area contributed by atoms with Crippen molar-refractivity contribution in [1.82, 2.24) is 15.0 Å². The molecule has 0 amide bonds. The lowest BCUT2D eigenvalue weighted by Crippen LogP contribution is -2.08. The molecule has 2 aromatic carbocycles. The number of para-hydroxylation sites is 3. The van der Waals surface area contributed by atoms with Gasteiger partial charge in [0.15, 0.2) is 0 Å². The molecule has 1 N–H and O–H groups in total. The molecule has 0 aliphatic rings. The average Bonchev–Trinajstić information content (AvgIpc) is 3.06. The maximum absolute atomic E-state index is 11.1. The van der Waals surface area contributed by atoms with Crippen LogP contribution in [0.5, 0.6) is 0 Å². The second kappa shape index (κ2) is 6.27. The molecule has 0 saturated heterocycles. The van der Waals surface area contributed by atoms with Gasteiger partial charge in [0.1, 0.15) is 11.4 Å². The van der Waals surface area contributed by atoms with Gasteiger partial charge in [0.2, 0.25) is 0 Å². The van der Waals surface area contributed by atoms with Crippen LogP contribution in [-0.2, 0) is 0 Å². The molecule has 0 aliphatic heterocycles. The maximum Gasteiger partial charge on any atom is 0.292 e. The van der Waals surface area contributed by atoms with E-state index in [1.807, 2.05) is 43.5 Å². The van der Waals surface area contributed by atoms with Crippen LogP contribution in [-0.4, -0.2) is 19.9 Å². The summed E-state index contributed by atoms with van der Waals surface area (Å²) in [4.78, 5) is 10.7. The molecule has 116 valence electrons. The third-order valence-corrected chi connectivity index (χ3v) is 3.45. The van der Waals surface area contributed by atoms with E-state index in [-0.39, 0.29) is 11.7 Å². The van der Waals surface area contributed by atoms with Crippen molar-refractivity contribution in [2.75, 3.05) is 5.32 Å². The lowest BCUT2D eigenvalue weighted by atomic mass is 10.2. The number of aromatic nitrogens is 3. The van der Waals surface area contributed by atoms with Crippen LogP contribution in [0.4, 0.5) is 11.4 Å². The van der Waals surface area contributed by atoms with Gasteiger partial charge in [-0.2, -0.15) is 0 Å². The normalized spacial score (nSPS) is 11.9. The van der Waals surface area contributed by atoms with Gasteiger partial charge in [-0.3, -0.25) is 10.1 Å². The predicted molar refractivity (Wildman–Crippen MR) is 86.5 cm³/mol.